The van der Waals surface area contributed by atoms with E-state index in [1.54, 1.807) is 0 Å². The first-order chi connectivity index (χ1) is 40.1. The lowest BCUT2D eigenvalue weighted by molar-refractivity contribution is -0.169. The smallest absolute Gasteiger partial charge is 0.158 e. The van der Waals surface area contributed by atoms with Gasteiger partial charge in [0.1, 0.15) is 0 Å². The Balaban J connectivity index is 0.811. The number of nitrogens with zero attached hydrogens (tertiary/aromatic N) is 2. The van der Waals surface area contributed by atoms with E-state index in [-0.39, 0.29) is 36.0 Å². The summed E-state index contributed by atoms with van der Waals surface area (Å²) >= 11 is 0. The van der Waals surface area contributed by atoms with Gasteiger partial charge in [0.05, 0.1) is 26.4 Å². The monoisotopic (exact) mass is 1100 g/mol. The Morgan fingerprint density at radius 1 is 0.317 bits per heavy atom. The zero-order valence-corrected chi connectivity index (χ0v) is 48.8. The predicted molar refractivity (Wildman–Crippen MR) is 326 cm³/mol. The molecule has 0 amide bonds. The van der Waals surface area contributed by atoms with Crippen LogP contribution in [0.3, 0.4) is 0 Å². The molecule has 0 aromatic heterocycles. The molecule has 4 heterocycles. The van der Waals surface area contributed by atoms with Crippen LogP contribution in [0.4, 0.5) is 34.1 Å². The minimum atomic E-state index is -0.288. The second kappa shape index (κ2) is 27.5. The summed E-state index contributed by atoms with van der Waals surface area (Å²) in [6.45, 7) is 14.5. The van der Waals surface area contributed by atoms with E-state index >= 15 is 0 Å². The largest absolute Gasteiger partial charge is 0.353 e. The molecule has 430 valence electrons. The van der Waals surface area contributed by atoms with Gasteiger partial charge in [-0.3, -0.25) is 0 Å². The molecule has 10 nitrogen and oxygen atoms in total. The SMILES string of the molecule is CC(C)(c1ccc(N(c2ccc(COC3CCCCO3)cc2)c2ccc(COC3CCCCO3)cc2)cc1)c1cccc(C(C)(C)c2ccc(N(c3ccc(COC4CCCCO4)cc3)c3ccc(COC4CCCCO4)cc3)cc2)c1. The van der Waals surface area contributed by atoms with E-state index in [1.807, 2.05) is 0 Å². The van der Waals surface area contributed by atoms with Crippen molar-refractivity contribution >= 4 is 34.1 Å². The standard InChI is InChI=1S/C72H84N2O8/c1-71(2,57-28-40-65(41-29-57)73(61-32-20-53(21-33-61)49-79-67-16-5-9-44-75-67)62-34-22-54(23-35-62)50-80-68-17-6-10-45-76-68)59-14-13-15-60(48-59)72(3,4)58-30-42-66(43-31-58)74(63-36-24-55(25-37-63)51-81-69-18-7-11-46-77-69)64-38-26-56(27-39-64)52-82-70-19-8-12-47-78-70/h13-15,20-43,48,67-70H,5-12,16-19,44-47,49-52H2,1-4H3. The Labute approximate surface area is 487 Å². The molecule has 10 heteroatoms. The van der Waals surface area contributed by atoms with E-state index in [4.69, 9.17) is 37.9 Å². The van der Waals surface area contributed by atoms with Crippen LogP contribution in [0.2, 0.25) is 0 Å². The van der Waals surface area contributed by atoms with E-state index in [0.717, 1.165) is 160 Å². The minimum absolute atomic E-state index is 0.128. The summed E-state index contributed by atoms with van der Waals surface area (Å²) in [6, 6.07) is 62.3. The maximum atomic E-state index is 6.16. The van der Waals surface area contributed by atoms with Gasteiger partial charge in [0.25, 0.3) is 0 Å². The number of ether oxygens (including phenoxy) is 8. The van der Waals surface area contributed by atoms with E-state index in [9.17, 15) is 0 Å². The second-order valence-electron chi connectivity index (χ2n) is 23.7. The lowest BCUT2D eigenvalue weighted by atomic mass is 9.73. The fraction of sp³-hybridized carbons (Fsp3) is 0.417. The topological polar surface area (TPSA) is 80.3 Å². The Morgan fingerprint density at radius 3 is 0.793 bits per heavy atom. The third kappa shape index (κ3) is 14.6. The van der Waals surface area contributed by atoms with Gasteiger partial charge >= 0.3 is 0 Å². The van der Waals surface area contributed by atoms with E-state index in [0.29, 0.717) is 26.4 Å². The zero-order chi connectivity index (χ0) is 56.1. The van der Waals surface area contributed by atoms with Gasteiger partial charge in [-0.25, -0.2) is 0 Å². The van der Waals surface area contributed by atoms with Crippen LogP contribution >= 0.6 is 0 Å². The Morgan fingerprint density at radius 2 is 0.561 bits per heavy atom. The summed E-state index contributed by atoms with van der Waals surface area (Å²) in [5, 5.41) is 0. The highest BCUT2D eigenvalue weighted by Crippen LogP contribution is 2.42. The fourth-order valence-electron chi connectivity index (χ4n) is 11.7. The van der Waals surface area contributed by atoms with Crippen molar-refractivity contribution in [2.45, 2.75) is 167 Å². The molecule has 0 aliphatic carbocycles. The predicted octanol–water partition coefficient (Wildman–Crippen LogP) is 17.5. The summed E-state index contributed by atoms with van der Waals surface area (Å²) < 4.78 is 48.0. The Kier molecular flexibility index (Phi) is 19.3. The molecule has 7 aromatic carbocycles. The summed E-state index contributed by atoms with van der Waals surface area (Å²) in [4.78, 5) is 4.66. The average Bonchev–Trinajstić information content (AvgIpc) is 3.70. The van der Waals surface area contributed by atoms with Crippen LogP contribution in [-0.4, -0.2) is 51.6 Å². The molecule has 0 spiro atoms. The average molecular weight is 1110 g/mol. The van der Waals surface area contributed by atoms with Gasteiger partial charge in [-0.1, -0.05) is 125 Å². The Bertz CT molecular complexity index is 2710. The first kappa shape index (κ1) is 57.6. The summed E-state index contributed by atoms with van der Waals surface area (Å²) in [5.74, 6) is 0. The lowest BCUT2D eigenvalue weighted by Crippen LogP contribution is -2.23. The van der Waals surface area contributed by atoms with Crippen molar-refractivity contribution in [3.05, 3.63) is 214 Å². The van der Waals surface area contributed by atoms with Gasteiger partial charge in [-0.05, 0) is 194 Å². The highest BCUT2D eigenvalue weighted by atomic mass is 16.7. The van der Waals surface area contributed by atoms with Crippen LogP contribution in [0, 0.1) is 0 Å². The van der Waals surface area contributed by atoms with Crippen molar-refractivity contribution in [2.24, 2.45) is 0 Å². The minimum Gasteiger partial charge on any atom is -0.353 e. The second-order valence-corrected chi connectivity index (χ2v) is 23.7. The highest BCUT2D eigenvalue weighted by Gasteiger charge is 2.29. The molecule has 82 heavy (non-hydrogen) atoms. The van der Waals surface area contributed by atoms with Crippen molar-refractivity contribution in [3.63, 3.8) is 0 Å². The summed E-state index contributed by atoms with van der Waals surface area (Å²) in [5.41, 5.74) is 15.4. The molecule has 4 unspecified atom stereocenters. The lowest BCUT2D eigenvalue weighted by Gasteiger charge is -2.32. The van der Waals surface area contributed by atoms with Crippen molar-refractivity contribution in [1.29, 1.82) is 0 Å². The van der Waals surface area contributed by atoms with Crippen LogP contribution in [0.25, 0.3) is 0 Å². The van der Waals surface area contributed by atoms with Crippen LogP contribution in [0.15, 0.2) is 170 Å². The number of hydrogen-bond donors (Lipinski definition) is 0. The number of anilines is 6. The fourth-order valence-corrected chi connectivity index (χ4v) is 11.7. The maximum Gasteiger partial charge on any atom is 0.158 e. The summed E-state index contributed by atoms with van der Waals surface area (Å²) in [7, 11) is 0. The van der Waals surface area contributed by atoms with Crippen LogP contribution in [-0.2, 0) is 75.2 Å². The molecular formula is C72H84N2O8. The Hall–Kier alpha value is -6.18. The van der Waals surface area contributed by atoms with E-state index in [1.165, 1.54) is 22.3 Å². The molecule has 0 saturated carbocycles. The summed E-state index contributed by atoms with van der Waals surface area (Å²) in [6.07, 6.45) is 12.3. The van der Waals surface area contributed by atoms with Crippen molar-refractivity contribution in [2.75, 3.05) is 36.2 Å². The van der Waals surface area contributed by atoms with Gasteiger partial charge < -0.3 is 47.7 Å². The highest BCUT2D eigenvalue weighted by molar-refractivity contribution is 5.78. The molecule has 11 rings (SSSR count). The molecule has 4 fully saturated rings. The van der Waals surface area contributed by atoms with E-state index in [2.05, 4.69) is 207 Å². The third-order valence-corrected chi connectivity index (χ3v) is 17.1. The van der Waals surface area contributed by atoms with Gasteiger partial charge in [-0.2, -0.15) is 0 Å². The van der Waals surface area contributed by atoms with Gasteiger partial charge in [0.15, 0.2) is 25.2 Å². The van der Waals surface area contributed by atoms with Crippen LogP contribution in [0.1, 0.15) is 149 Å². The zero-order valence-electron chi connectivity index (χ0n) is 48.8. The van der Waals surface area contributed by atoms with Crippen molar-refractivity contribution < 1.29 is 37.9 Å². The van der Waals surface area contributed by atoms with Gasteiger partial charge in [-0.15, -0.1) is 0 Å². The van der Waals surface area contributed by atoms with Crippen molar-refractivity contribution in [3.8, 4) is 0 Å². The molecule has 4 atom stereocenters. The third-order valence-electron chi connectivity index (χ3n) is 17.1. The van der Waals surface area contributed by atoms with Gasteiger partial charge in [0.2, 0.25) is 0 Å². The molecule has 4 saturated heterocycles. The number of benzene rings is 7. The van der Waals surface area contributed by atoms with E-state index < -0.39 is 0 Å². The number of hydrogen-bond acceptors (Lipinski definition) is 10. The molecule has 4 aliphatic rings. The molecule has 0 radical (unpaired) electrons. The first-order valence-electron chi connectivity index (χ1n) is 30.3. The quantitative estimate of drug-likeness (QED) is 0.0655. The molecule has 7 aromatic rings. The van der Waals surface area contributed by atoms with Crippen molar-refractivity contribution in [1.82, 2.24) is 0 Å². The van der Waals surface area contributed by atoms with Gasteiger partial charge in [0, 0.05) is 71.4 Å². The number of rotatable bonds is 22. The molecular weight excluding hydrogens is 1020 g/mol. The molecule has 0 N–H and O–H groups in total. The van der Waals surface area contributed by atoms with Crippen LogP contribution in [0.5, 0.6) is 0 Å². The van der Waals surface area contributed by atoms with Crippen LogP contribution < -0.4 is 9.80 Å². The molecule has 0 bridgehead atoms. The normalized spacial score (nSPS) is 19.9. The molecule has 4 aliphatic heterocycles. The first-order valence-corrected chi connectivity index (χ1v) is 30.3. The maximum absolute atomic E-state index is 6.16.